The van der Waals surface area contributed by atoms with Crippen LogP contribution in [0.5, 0.6) is 5.75 Å². The molecule has 1 heterocycles. The van der Waals surface area contributed by atoms with E-state index in [0.29, 0.717) is 22.4 Å². The largest absolute Gasteiger partial charge is 0.484 e. The number of aromatic nitrogens is 1. The zero-order valence-corrected chi connectivity index (χ0v) is 19.0. The second-order valence-corrected chi connectivity index (χ2v) is 8.83. The third kappa shape index (κ3) is 5.06. The van der Waals surface area contributed by atoms with Crippen molar-refractivity contribution in [2.75, 3.05) is 11.9 Å². The smallest absolute Gasteiger partial charge is 0.262 e. The Morgan fingerprint density at radius 3 is 2.65 bits per heavy atom. The highest BCUT2D eigenvalue weighted by Crippen LogP contribution is 2.33. The molecule has 4 aromatic rings. The van der Waals surface area contributed by atoms with Crippen molar-refractivity contribution >= 4 is 44.7 Å². The molecule has 3 aromatic carbocycles. The number of halogens is 1. The summed E-state index contributed by atoms with van der Waals surface area (Å²) in [6.45, 7) is 4.26. The Bertz CT molecular complexity index is 1170. The molecular weight excluding hydrogens is 428 g/mol. The summed E-state index contributed by atoms with van der Waals surface area (Å²) in [7, 11) is 0. The van der Waals surface area contributed by atoms with Crippen LogP contribution in [-0.4, -0.2) is 17.5 Å². The van der Waals surface area contributed by atoms with Gasteiger partial charge < -0.3 is 10.1 Å². The summed E-state index contributed by atoms with van der Waals surface area (Å²) in [5, 5.41) is 4.19. The van der Waals surface area contributed by atoms with Crippen molar-refractivity contribution in [1.82, 2.24) is 4.98 Å². The molecule has 0 fully saturated rings. The number of amides is 1. The lowest BCUT2D eigenvalue weighted by molar-refractivity contribution is -0.118. The number of rotatable bonds is 7. The highest BCUT2D eigenvalue weighted by molar-refractivity contribution is 7.21. The predicted octanol–water partition coefficient (Wildman–Crippen LogP) is 7.15. The van der Waals surface area contributed by atoms with Crippen molar-refractivity contribution in [3.63, 3.8) is 0 Å². The number of benzene rings is 3. The number of carbonyl (C=O) groups excluding carboxylic acids is 1. The number of fused-ring (bicyclic) bond motifs is 1. The van der Waals surface area contributed by atoms with Gasteiger partial charge in [0.15, 0.2) is 6.61 Å². The maximum Gasteiger partial charge on any atom is 0.262 e. The number of nitrogens with one attached hydrogen (secondary N) is 1. The number of carbonyl (C=O) groups is 1. The summed E-state index contributed by atoms with van der Waals surface area (Å²) < 4.78 is 6.75. The zero-order valence-electron chi connectivity index (χ0n) is 17.4. The molecule has 0 saturated carbocycles. The van der Waals surface area contributed by atoms with Crippen LogP contribution in [0.3, 0.4) is 0 Å². The maximum atomic E-state index is 12.4. The van der Waals surface area contributed by atoms with E-state index < -0.39 is 0 Å². The maximum absolute atomic E-state index is 12.4. The fourth-order valence-electron chi connectivity index (χ4n) is 3.21. The van der Waals surface area contributed by atoms with E-state index in [1.165, 1.54) is 5.56 Å². The molecule has 0 saturated heterocycles. The van der Waals surface area contributed by atoms with Crippen LogP contribution < -0.4 is 10.1 Å². The van der Waals surface area contributed by atoms with E-state index in [4.69, 9.17) is 16.3 Å². The standard InChI is InChI=1S/C25H23ClN2O2S/c1-3-16(2)17-8-11-19(12-9-17)30-15-24(29)27-22-14-18(10-13-20(22)26)25-28-21-6-4-5-7-23(21)31-25/h4-14,16H,3,15H2,1-2H3,(H,27,29)/t16-/m0/s1. The van der Waals surface area contributed by atoms with Crippen molar-refractivity contribution in [3.8, 4) is 16.3 Å². The topological polar surface area (TPSA) is 51.2 Å². The molecule has 0 bridgehead atoms. The molecule has 0 aliphatic heterocycles. The molecule has 1 atom stereocenters. The number of para-hydroxylation sites is 1. The van der Waals surface area contributed by atoms with Gasteiger partial charge in [-0.05, 0) is 54.3 Å². The molecule has 4 rings (SSSR count). The average molecular weight is 451 g/mol. The molecular formula is C25H23ClN2O2S. The molecule has 1 N–H and O–H groups in total. The van der Waals surface area contributed by atoms with Crippen molar-refractivity contribution in [1.29, 1.82) is 0 Å². The third-order valence-electron chi connectivity index (χ3n) is 5.21. The highest BCUT2D eigenvalue weighted by atomic mass is 35.5. The molecule has 6 heteroatoms. The first kappa shape index (κ1) is 21.3. The molecule has 4 nitrogen and oxygen atoms in total. The molecule has 1 amide bonds. The quantitative estimate of drug-likeness (QED) is 0.325. The van der Waals surface area contributed by atoms with Crippen LogP contribution in [0.25, 0.3) is 20.8 Å². The van der Waals surface area contributed by atoms with Gasteiger partial charge in [0.05, 0.1) is 20.9 Å². The Hall–Kier alpha value is -2.89. The number of hydrogen-bond donors (Lipinski definition) is 1. The normalized spacial score (nSPS) is 12.0. The molecule has 31 heavy (non-hydrogen) atoms. The lowest BCUT2D eigenvalue weighted by atomic mass is 9.99. The summed E-state index contributed by atoms with van der Waals surface area (Å²) in [6.07, 6.45) is 1.08. The minimum Gasteiger partial charge on any atom is -0.484 e. The Labute approximate surface area is 190 Å². The van der Waals surface area contributed by atoms with Gasteiger partial charge in [0.1, 0.15) is 10.8 Å². The van der Waals surface area contributed by atoms with Crippen molar-refractivity contribution < 1.29 is 9.53 Å². The average Bonchev–Trinajstić information content (AvgIpc) is 3.23. The first-order chi connectivity index (χ1) is 15.0. The Kier molecular flexibility index (Phi) is 6.54. The summed E-state index contributed by atoms with van der Waals surface area (Å²) in [6, 6.07) is 21.4. The van der Waals surface area contributed by atoms with E-state index in [-0.39, 0.29) is 12.5 Å². The second kappa shape index (κ2) is 9.50. The van der Waals surface area contributed by atoms with Gasteiger partial charge in [-0.2, -0.15) is 0 Å². The van der Waals surface area contributed by atoms with E-state index in [1.807, 2.05) is 60.7 Å². The van der Waals surface area contributed by atoms with Gasteiger partial charge in [-0.15, -0.1) is 11.3 Å². The number of anilines is 1. The molecule has 0 unspecified atom stereocenters. The van der Waals surface area contributed by atoms with Gasteiger partial charge in [0, 0.05) is 5.56 Å². The van der Waals surface area contributed by atoms with E-state index in [9.17, 15) is 4.79 Å². The van der Waals surface area contributed by atoms with Gasteiger partial charge >= 0.3 is 0 Å². The minimum atomic E-state index is -0.269. The van der Waals surface area contributed by atoms with Crippen LogP contribution in [-0.2, 0) is 4.79 Å². The Morgan fingerprint density at radius 2 is 1.90 bits per heavy atom. The van der Waals surface area contributed by atoms with Crippen molar-refractivity contribution in [3.05, 3.63) is 77.3 Å². The molecule has 0 aliphatic rings. The monoisotopic (exact) mass is 450 g/mol. The van der Waals surface area contributed by atoms with Gasteiger partial charge in [0.25, 0.3) is 5.91 Å². The molecule has 0 spiro atoms. The number of nitrogens with zero attached hydrogens (tertiary/aromatic N) is 1. The Balaban J connectivity index is 1.42. The van der Waals surface area contributed by atoms with Crippen LogP contribution in [0, 0.1) is 0 Å². The fourth-order valence-corrected chi connectivity index (χ4v) is 4.34. The van der Waals surface area contributed by atoms with Crippen molar-refractivity contribution in [2.45, 2.75) is 26.2 Å². The summed E-state index contributed by atoms with van der Waals surface area (Å²) >= 11 is 7.92. The van der Waals surface area contributed by atoms with Crippen LogP contribution in [0.1, 0.15) is 31.7 Å². The lowest BCUT2D eigenvalue weighted by Crippen LogP contribution is -2.20. The van der Waals surface area contributed by atoms with E-state index in [2.05, 4.69) is 24.1 Å². The predicted molar refractivity (Wildman–Crippen MR) is 129 cm³/mol. The van der Waals surface area contributed by atoms with E-state index >= 15 is 0 Å². The van der Waals surface area contributed by atoms with Gasteiger partial charge in [-0.25, -0.2) is 4.98 Å². The van der Waals surface area contributed by atoms with Crippen LogP contribution in [0.15, 0.2) is 66.7 Å². The van der Waals surface area contributed by atoms with Gasteiger partial charge in [-0.3, -0.25) is 4.79 Å². The van der Waals surface area contributed by atoms with Crippen LogP contribution in [0.2, 0.25) is 5.02 Å². The lowest BCUT2D eigenvalue weighted by Gasteiger charge is -2.12. The van der Waals surface area contributed by atoms with Crippen LogP contribution in [0.4, 0.5) is 5.69 Å². The molecule has 0 radical (unpaired) electrons. The number of thiazole rings is 1. The fraction of sp³-hybridized carbons (Fsp3) is 0.200. The highest BCUT2D eigenvalue weighted by Gasteiger charge is 2.12. The van der Waals surface area contributed by atoms with Gasteiger partial charge in [0.2, 0.25) is 0 Å². The number of hydrogen-bond acceptors (Lipinski definition) is 4. The molecule has 158 valence electrons. The SMILES string of the molecule is CC[C@H](C)c1ccc(OCC(=O)Nc2cc(-c3nc4ccccc4s3)ccc2Cl)cc1. The van der Waals surface area contributed by atoms with Gasteiger partial charge in [-0.1, -0.05) is 55.8 Å². The number of ether oxygens (including phenoxy) is 1. The molecule has 0 aliphatic carbocycles. The van der Waals surface area contributed by atoms with E-state index in [0.717, 1.165) is 27.2 Å². The first-order valence-corrected chi connectivity index (χ1v) is 11.4. The third-order valence-corrected chi connectivity index (χ3v) is 6.63. The van der Waals surface area contributed by atoms with E-state index in [1.54, 1.807) is 17.4 Å². The summed E-state index contributed by atoms with van der Waals surface area (Å²) in [5.41, 5.74) is 3.66. The minimum absolute atomic E-state index is 0.0929. The second-order valence-electron chi connectivity index (χ2n) is 7.40. The van der Waals surface area contributed by atoms with Crippen LogP contribution >= 0.6 is 22.9 Å². The zero-order chi connectivity index (χ0) is 21.8. The molecule has 1 aromatic heterocycles. The summed E-state index contributed by atoms with van der Waals surface area (Å²) in [4.78, 5) is 17.1. The summed E-state index contributed by atoms with van der Waals surface area (Å²) in [5.74, 6) is 0.896. The Morgan fingerprint density at radius 1 is 1.13 bits per heavy atom. The first-order valence-electron chi connectivity index (χ1n) is 10.2. The van der Waals surface area contributed by atoms with Crippen molar-refractivity contribution in [2.24, 2.45) is 0 Å².